The molecule has 0 bridgehead atoms. The van der Waals surface area contributed by atoms with Gasteiger partial charge in [-0.05, 0) is 32.9 Å². The van der Waals surface area contributed by atoms with Crippen molar-refractivity contribution in [3.63, 3.8) is 0 Å². The highest BCUT2D eigenvalue weighted by Gasteiger charge is 2.22. The second-order valence-electron chi connectivity index (χ2n) is 5.25. The van der Waals surface area contributed by atoms with Gasteiger partial charge in [-0.1, -0.05) is 11.6 Å². The van der Waals surface area contributed by atoms with Crippen molar-refractivity contribution in [2.24, 2.45) is 0 Å². The lowest BCUT2D eigenvalue weighted by Gasteiger charge is -2.28. The van der Waals surface area contributed by atoms with Crippen LogP contribution in [-0.4, -0.2) is 40.4 Å². The summed E-state index contributed by atoms with van der Waals surface area (Å²) in [6.45, 7) is 5.94. The molecule has 1 aromatic rings. The van der Waals surface area contributed by atoms with Crippen molar-refractivity contribution in [2.45, 2.75) is 39.2 Å². The van der Waals surface area contributed by atoms with E-state index < -0.39 is 5.60 Å². The summed E-state index contributed by atoms with van der Waals surface area (Å²) in [6, 6.07) is 3.35. The molecule has 0 unspecified atom stereocenters. The number of rotatable bonds is 7. The van der Waals surface area contributed by atoms with Gasteiger partial charge in [0, 0.05) is 25.9 Å². The van der Waals surface area contributed by atoms with Crippen LogP contribution >= 0.6 is 22.9 Å². The maximum atomic E-state index is 12.0. The Kier molecular flexibility index (Phi) is 6.17. The standard InChI is InChI=1S/C14H20ClNO3S/c1-4-16(9-14(2,3)19)13(18)8-5-10(17)11-6-7-12(15)20-11/h6-7,19H,4-5,8-9H2,1-3H3. The van der Waals surface area contributed by atoms with Gasteiger partial charge in [0.25, 0.3) is 0 Å². The Labute approximate surface area is 128 Å². The van der Waals surface area contributed by atoms with Crippen LogP contribution in [0.3, 0.4) is 0 Å². The van der Waals surface area contributed by atoms with E-state index in [1.807, 2.05) is 6.92 Å². The van der Waals surface area contributed by atoms with Crippen LogP contribution in [0.2, 0.25) is 4.34 Å². The van der Waals surface area contributed by atoms with Gasteiger partial charge in [-0.3, -0.25) is 9.59 Å². The quantitative estimate of drug-likeness (QED) is 0.787. The molecule has 1 N–H and O–H groups in total. The Morgan fingerprint density at radius 2 is 2.00 bits per heavy atom. The van der Waals surface area contributed by atoms with Crippen molar-refractivity contribution in [3.05, 3.63) is 21.3 Å². The first-order valence-corrected chi connectivity index (χ1v) is 7.71. The summed E-state index contributed by atoms with van der Waals surface area (Å²) in [6.07, 6.45) is 0.316. The molecule has 6 heteroatoms. The van der Waals surface area contributed by atoms with Crippen LogP contribution in [-0.2, 0) is 4.79 Å². The van der Waals surface area contributed by atoms with Gasteiger partial charge in [-0.2, -0.15) is 0 Å². The van der Waals surface area contributed by atoms with E-state index in [0.717, 1.165) is 0 Å². The average molecular weight is 318 g/mol. The van der Waals surface area contributed by atoms with Gasteiger partial charge in [0.05, 0.1) is 14.8 Å². The second kappa shape index (κ2) is 7.20. The number of amides is 1. The van der Waals surface area contributed by atoms with Crippen LogP contribution < -0.4 is 0 Å². The zero-order valence-electron chi connectivity index (χ0n) is 12.0. The molecule has 0 aliphatic carbocycles. The van der Waals surface area contributed by atoms with Gasteiger partial charge in [-0.25, -0.2) is 0 Å². The summed E-state index contributed by atoms with van der Waals surface area (Å²) < 4.78 is 0.567. The van der Waals surface area contributed by atoms with E-state index >= 15 is 0 Å². The summed E-state index contributed by atoms with van der Waals surface area (Å²) in [5.74, 6) is -0.194. The zero-order chi connectivity index (χ0) is 15.3. The molecule has 0 atom stereocenters. The molecule has 0 fully saturated rings. The molecule has 0 aliphatic rings. The number of hydrogen-bond acceptors (Lipinski definition) is 4. The maximum absolute atomic E-state index is 12.0. The lowest BCUT2D eigenvalue weighted by Crippen LogP contribution is -2.42. The molecule has 112 valence electrons. The minimum absolute atomic E-state index is 0.0745. The number of halogens is 1. The van der Waals surface area contributed by atoms with Crippen LogP contribution in [0.5, 0.6) is 0 Å². The topological polar surface area (TPSA) is 57.6 Å². The third-order valence-electron chi connectivity index (χ3n) is 2.73. The Balaban J connectivity index is 2.51. The van der Waals surface area contributed by atoms with Crippen LogP contribution in [0.4, 0.5) is 0 Å². The van der Waals surface area contributed by atoms with Crippen LogP contribution in [0.1, 0.15) is 43.3 Å². The molecule has 4 nitrogen and oxygen atoms in total. The monoisotopic (exact) mass is 317 g/mol. The SMILES string of the molecule is CCN(CC(C)(C)O)C(=O)CCC(=O)c1ccc(Cl)s1. The van der Waals surface area contributed by atoms with Crippen molar-refractivity contribution in [3.8, 4) is 0 Å². The smallest absolute Gasteiger partial charge is 0.223 e. The van der Waals surface area contributed by atoms with E-state index in [2.05, 4.69) is 0 Å². The minimum atomic E-state index is -0.934. The fraction of sp³-hybridized carbons (Fsp3) is 0.571. The first kappa shape index (κ1) is 17.1. The lowest BCUT2D eigenvalue weighted by molar-refractivity contribution is -0.133. The molecular weight excluding hydrogens is 298 g/mol. The van der Waals surface area contributed by atoms with Gasteiger partial charge in [0.15, 0.2) is 5.78 Å². The van der Waals surface area contributed by atoms with Crippen molar-refractivity contribution in [2.75, 3.05) is 13.1 Å². The minimum Gasteiger partial charge on any atom is -0.389 e. The maximum Gasteiger partial charge on any atom is 0.223 e. The fourth-order valence-electron chi connectivity index (χ4n) is 1.81. The van der Waals surface area contributed by atoms with E-state index in [4.69, 9.17) is 11.6 Å². The highest BCUT2D eigenvalue weighted by atomic mass is 35.5. The van der Waals surface area contributed by atoms with E-state index in [1.54, 1.807) is 30.9 Å². The number of carbonyl (C=O) groups excluding carboxylic acids is 2. The van der Waals surface area contributed by atoms with Gasteiger partial charge in [0.2, 0.25) is 5.91 Å². The second-order valence-corrected chi connectivity index (χ2v) is 6.96. The summed E-state index contributed by atoms with van der Waals surface area (Å²) in [7, 11) is 0. The van der Waals surface area contributed by atoms with Crippen LogP contribution in [0.25, 0.3) is 0 Å². The summed E-state index contributed by atoms with van der Waals surface area (Å²) >= 11 is 7.00. The Hall–Kier alpha value is -0.910. The Morgan fingerprint density at radius 1 is 1.35 bits per heavy atom. The molecule has 0 saturated carbocycles. The van der Waals surface area contributed by atoms with E-state index in [9.17, 15) is 14.7 Å². The average Bonchev–Trinajstić information content (AvgIpc) is 2.78. The van der Waals surface area contributed by atoms with Crippen LogP contribution in [0, 0.1) is 0 Å². The van der Waals surface area contributed by atoms with Gasteiger partial charge < -0.3 is 10.0 Å². The van der Waals surface area contributed by atoms with E-state index in [-0.39, 0.29) is 31.1 Å². The highest BCUT2D eigenvalue weighted by molar-refractivity contribution is 7.18. The molecule has 1 amide bonds. The van der Waals surface area contributed by atoms with Gasteiger partial charge in [-0.15, -0.1) is 11.3 Å². The summed E-state index contributed by atoms with van der Waals surface area (Å²) in [5.41, 5.74) is -0.934. The number of hydrogen-bond donors (Lipinski definition) is 1. The predicted molar refractivity (Wildman–Crippen MR) is 81.4 cm³/mol. The molecule has 1 heterocycles. The van der Waals surface area contributed by atoms with Crippen molar-refractivity contribution in [1.82, 2.24) is 4.90 Å². The third kappa shape index (κ3) is 5.61. The first-order chi connectivity index (χ1) is 9.23. The number of Topliss-reactive ketones (excluding diaryl/α,β-unsaturated/α-hetero) is 1. The van der Waals surface area contributed by atoms with Gasteiger partial charge >= 0.3 is 0 Å². The lowest BCUT2D eigenvalue weighted by atomic mass is 10.1. The predicted octanol–water partition coefficient (Wildman–Crippen LogP) is 2.98. The Bertz CT molecular complexity index is 479. The molecule has 0 saturated heterocycles. The first-order valence-electron chi connectivity index (χ1n) is 6.51. The number of aliphatic hydroxyl groups is 1. The molecule has 0 aliphatic heterocycles. The number of likely N-dealkylation sites (N-methyl/N-ethyl adjacent to an activating group) is 1. The molecule has 0 radical (unpaired) electrons. The molecule has 1 rings (SSSR count). The number of nitrogens with zero attached hydrogens (tertiary/aromatic N) is 1. The number of carbonyl (C=O) groups is 2. The van der Waals surface area contributed by atoms with Crippen molar-refractivity contribution >= 4 is 34.6 Å². The number of ketones is 1. The van der Waals surface area contributed by atoms with Gasteiger partial charge in [0.1, 0.15) is 0 Å². The fourth-order valence-corrected chi connectivity index (χ4v) is 2.82. The summed E-state index contributed by atoms with van der Waals surface area (Å²) in [5, 5.41) is 9.75. The van der Waals surface area contributed by atoms with E-state index in [1.165, 1.54) is 11.3 Å². The third-order valence-corrected chi connectivity index (χ3v) is 4.00. The van der Waals surface area contributed by atoms with Crippen LogP contribution in [0.15, 0.2) is 12.1 Å². The summed E-state index contributed by atoms with van der Waals surface area (Å²) in [4.78, 5) is 26.1. The normalized spacial score (nSPS) is 11.4. The molecule has 0 aromatic carbocycles. The molecule has 0 spiro atoms. The zero-order valence-corrected chi connectivity index (χ0v) is 13.6. The van der Waals surface area contributed by atoms with Crippen molar-refractivity contribution in [1.29, 1.82) is 0 Å². The molecule has 1 aromatic heterocycles. The Morgan fingerprint density at radius 3 is 2.45 bits per heavy atom. The van der Waals surface area contributed by atoms with Crippen molar-refractivity contribution < 1.29 is 14.7 Å². The van der Waals surface area contributed by atoms with E-state index in [0.29, 0.717) is 15.8 Å². The number of thiophene rings is 1. The largest absolute Gasteiger partial charge is 0.389 e. The highest BCUT2D eigenvalue weighted by Crippen LogP contribution is 2.23. The molecular formula is C14H20ClNO3S. The molecule has 20 heavy (non-hydrogen) atoms.